The monoisotopic (exact) mass is 253 g/mol. The van der Waals surface area contributed by atoms with Gasteiger partial charge in [0.2, 0.25) is 0 Å². The molecule has 0 unspecified atom stereocenters. The number of rotatable bonds is 1. The quantitative estimate of drug-likeness (QED) is 0.847. The maximum Gasteiger partial charge on any atom is 0.252 e. The van der Waals surface area contributed by atoms with Crippen LogP contribution in [0.4, 0.5) is 0 Å². The van der Waals surface area contributed by atoms with Crippen molar-refractivity contribution in [2.45, 2.75) is 26.3 Å². The van der Waals surface area contributed by atoms with Gasteiger partial charge in [0.25, 0.3) is 5.91 Å². The zero-order chi connectivity index (χ0) is 13.6. The van der Waals surface area contributed by atoms with E-state index in [0.717, 1.165) is 22.2 Å². The van der Waals surface area contributed by atoms with Gasteiger partial charge in [-0.3, -0.25) is 9.79 Å². The highest BCUT2D eigenvalue weighted by molar-refractivity contribution is 6.14. The van der Waals surface area contributed by atoms with E-state index in [1.807, 2.05) is 37.3 Å². The number of nitrogens with one attached hydrogen (secondary N) is 1. The predicted molar refractivity (Wildman–Crippen MR) is 75.2 cm³/mol. The first-order chi connectivity index (χ1) is 8.97. The number of benzene rings is 1. The minimum absolute atomic E-state index is 0.0879. The van der Waals surface area contributed by atoms with Crippen LogP contribution in [0.25, 0.3) is 10.9 Å². The number of nitrogens with zero attached hydrogens (tertiary/aromatic N) is 2. The van der Waals surface area contributed by atoms with Crippen LogP contribution in [0.1, 0.15) is 25.1 Å². The maximum atomic E-state index is 11.8. The SMILES string of the molecule is Cc1cc(C2=NC(C)(C)C(=O)N2)nc2ccccc12. The Morgan fingerprint density at radius 2 is 1.95 bits per heavy atom. The summed E-state index contributed by atoms with van der Waals surface area (Å²) < 4.78 is 0. The lowest BCUT2D eigenvalue weighted by Crippen LogP contribution is -2.34. The Kier molecular flexibility index (Phi) is 2.42. The topological polar surface area (TPSA) is 54.4 Å². The summed E-state index contributed by atoms with van der Waals surface area (Å²) in [5.41, 5.74) is 2.05. The number of aryl methyl sites for hydroxylation is 1. The van der Waals surface area contributed by atoms with Crippen molar-refractivity contribution in [1.29, 1.82) is 0 Å². The molecule has 0 radical (unpaired) electrons. The Balaban J connectivity index is 2.15. The second-order valence-corrected chi connectivity index (χ2v) is 5.32. The molecule has 0 fully saturated rings. The highest BCUT2D eigenvalue weighted by atomic mass is 16.2. The molecule has 96 valence electrons. The summed E-state index contributed by atoms with van der Waals surface area (Å²) in [6.07, 6.45) is 0. The average molecular weight is 253 g/mol. The number of carbonyl (C=O) groups is 1. The molecule has 1 aliphatic rings. The van der Waals surface area contributed by atoms with E-state index in [4.69, 9.17) is 0 Å². The summed E-state index contributed by atoms with van der Waals surface area (Å²) in [5, 5.41) is 3.92. The van der Waals surface area contributed by atoms with Crippen LogP contribution < -0.4 is 5.32 Å². The summed E-state index contributed by atoms with van der Waals surface area (Å²) in [5.74, 6) is 0.471. The van der Waals surface area contributed by atoms with Gasteiger partial charge in [0.15, 0.2) is 5.84 Å². The van der Waals surface area contributed by atoms with E-state index in [1.54, 1.807) is 13.8 Å². The van der Waals surface area contributed by atoms with Gasteiger partial charge in [0.05, 0.1) is 5.52 Å². The smallest absolute Gasteiger partial charge is 0.252 e. The van der Waals surface area contributed by atoms with Crippen molar-refractivity contribution in [2.24, 2.45) is 4.99 Å². The fourth-order valence-corrected chi connectivity index (χ4v) is 2.21. The van der Waals surface area contributed by atoms with E-state index in [0.29, 0.717) is 5.84 Å². The van der Waals surface area contributed by atoms with Crippen LogP contribution >= 0.6 is 0 Å². The molecule has 2 heterocycles. The first-order valence-corrected chi connectivity index (χ1v) is 6.25. The molecular formula is C15H15N3O. The molecular weight excluding hydrogens is 238 g/mol. The van der Waals surface area contributed by atoms with Gasteiger partial charge in [-0.05, 0) is 38.5 Å². The van der Waals surface area contributed by atoms with Gasteiger partial charge in [-0.2, -0.15) is 0 Å². The van der Waals surface area contributed by atoms with Crippen LogP contribution in [0.5, 0.6) is 0 Å². The molecule has 1 aliphatic heterocycles. The lowest BCUT2D eigenvalue weighted by atomic mass is 10.1. The normalized spacial score (nSPS) is 17.4. The van der Waals surface area contributed by atoms with Crippen molar-refractivity contribution >= 4 is 22.6 Å². The van der Waals surface area contributed by atoms with Crippen molar-refractivity contribution in [1.82, 2.24) is 10.3 Å². The van der Waals surface area contributed by atoms with Gasteiger partial charge < -0.3 is 5.32 Å². The Bertz CT molecular complexity index is 716. The molecule has 1 N–H and O–H groups in total. The molecule has 0 bridgehead atoms. The third kappa shape index (κ3) is 1.89. The Labute approximate surface area is 111 Å². The number of fused-ring (bicyclic) bond motifs is 1. The maximum absolute atomic E-state index is 11.8. The molecule has 3 rings (SSSR count). The van der Waals surface area contributed by atoms with Gasteiger partial charge in [0.1, 0.15) is 11.2 Å². The zero-order valence-corrected chi connectivity index (χ0v) is 11.2. The third-order valence-electron chi connectivity index (χ3n) is 3.34. The molecule has 4 heteroatoms. The second kappa shape index (κ2) is 3.88. The molecule has 4 nitrogen and oxygen atoms in total. The minimum atomic E-state index is -0.712. The van der Waals surface area contributed by atoms with Crippen molar-refractivity contribution in [3.8, 4) is 0 Å². The van der Waals surface area contributed by atoms with Crippen molar-refractivity contribution in [2.75, 3.05) is 0 Å². The van der Waals surface area contributed by atoms with Crippen LogP contribution in [0, 0.1) is 6.92 Å². The van der Waals surface area contributed by atoms with E-state index < -0.39 is 5.54 Å². The van der Waals surface area contributed by atoms with E-state index >= 15 is 0 Å². The molecule has 0 aliphatic carbocycles. The first-order valence-electron chi connectivity index (χ1n) is 6.25. The molecule has 0 spiro atoms. The third-order valence-corrected chi connectivity index (χ3v) is 3.34. The number of amides is 1. The van der Waals surface area contributed by atoms with Crippen LogP contribution in [0.3, 0.4) is 0 Å². The number of aliphatic imine (C=N–C) groups is 1. The van der Waals surface area contributed by atoms with E-state index in [9.17, 15) is 4.79 Å². The predicted octanol–water partition coefficient (Wildman–Crippen LogP) is 2.20. The second-order valence-electron chi connectivity index (χ2n) is 5.32. The molecule has 1 amide bonds. The lowest BCUT2D eigenvalue weighted by molar-refractivity contribution is -0.122. The van der Waals surface area contributed by atoms with Crippen LogP contribution in [-0.4, -0.2) is 22.3 Å². The number of hydrogen-bond acceptors (Lipinski definition) is 3. The summed E-state index contributed by atoms with van der Waals surface area (Å²) in [6.45, 7) is 5.63. The lowest BCUT2D eigenvalue weighted by Gasteiger charge is -2.07. The number of aromatic nitrogens is 1. The summed E-state index contributed by atoms with van der Waals surface area (Å²) in [7, 11) is 0. The molecule has 2 aromatic rings. The number of pyridine rings is 1. The van der Waals surface area contributed by atoms with Gasteiger partial charge in [-0.15, -0.1) is 0 Å². The summed E-state index contributed by atoms with van der Waals surface area (Å²) in [6, 6.07) is 9.92. The average Bonchev–Trinajstić information content (AvgIpc) is 2.64. The first kappa shape index (κ1) is 11.8. The molecule has 0 atom stereocenters. The van der Waals surface area contributed by atoms with Crippen LogP contribution in [0.2, 0.25) is 0 Å². The van der Waals surface area contributed by atoms with E-state index in [1.165, 1.54) is 0 Å². The largest absolute Gasteiger partial charge is 0.307 e. The Morgan fingerprint density at radius 3 is 2.63 bits per heavy atom. The molecule has 0 saturated heterocycles. The van der Waals surface area contributed by atoms with Gasteiger partial charge in [-0.1, -0.05) is 18.2 Å². The van der Waals surface area contributed by atoms with Crippen LogP contribution in [0.15, 0.2) is 35.3 Å². The highest BCUT2D eigenvalue weighted by Crippen LogP contribution is 2.21. The van der Waals surface area contributed by atoms with E-state index in [2.05, 4.69) is 15.3 Å². The van der Waals surface area contributed by atoms with Crippen molar-refractivity contribution < 1.29 is 4.79 Å². The van der Waals surface area contributed by atoms with Crippen molar-refractivity contribution in [3.05, 3.63) is 41.6 Å². The molecule has 0 saturated carbocycles. The number of carbonyl (C=O) groups excluding carboxylic acids is 1. The summed E-state index contributed by atoms with van der Waals surface area (Å²) in [4.78, 5) is 20.8. The molecule has 19 heavy (non-hydrogen) atoms. The standard InChI is InChI=1S/C15H15N3O/c1-9-8-12(13-17-14(19)15(2,3)18-13)16-11-7-5-4-6-10(9)11/h4-8H,1-3H3,(H,17,18,19). The summed E-state index contributed by atoms with van der Waals surface area (Å²) >= 11 is 0. The number of hydrogen-bond donors (Lipinski definition) is 1. The fourth-order valence-electron chi connectivity index (χ4n) is 2.21. The van der Waals surface area contributed by atoms with E-state index in [-0.39, 0.29) is 5.91 Å². The van der Waals surface area contributed by atoms with Crippen molar-refractivity contribution in [3.63, 3.8) is 0 Å². The Hall–Kier alpha value is -2.23. The fraction of sp³-hybridized carbons (Fsp3) is 0.267. The highest BCUT2D eigenvalue weighted by Gasteiger charge is 2.35. The number of amidine groups is 1. The molecule has 1 aromatic carbocycles. The van der Waals surface area contributed by atoms with Gasteiger partial charge >= 0.3 is 0 Å². The minimum Gasteiger partial charge on any atom is -0.307 e. The Morgan fingerprint density at radius 1 is 1.21 bits per heavy atom. The zero-order valence-electron chi connectivity index (χ0n) is 11.2. The number of para-hydroxylation sites is 1. The van der Waals surface area contributed by atoms with Gasteiger partial charge in [0, 0.05) is 5.39 Å². The van der Waals surface area contributed by atoms with Gasteiger partial charge in [-0.25, -0.2) is 4.98 Å². The van der Waals surface area contributed by atoms with Crippen LogP contribution in [-0.2, 0) is 4.79 Å². The molecule has 1 aromatic heterocycles.